The zero-order valence-corrected chi connectivity index (χ0v) is 15.3. The van der Waals surface area contributed by atoms with E-state index in [2.05, 4.69) is 20.1 Å². The summed E-state index contributed by atoms with van der Waals surface area (Å²) in [5, 5.41) is 8.37. The van der Waals surface area contributed by atoms with Crippen LogP contribution in [0, 0.1) is 0 Å². The molecule has 136 valence electrons. The zero-order valence-electron chi connectivity index (χ0n) is 15.3. The third kappa shape index (κ3) is 3.72. The zero-order chi connectivity index (χ0) is 18.8. The second-order valence-electron chi connectivity index (χ2n) is 6.61. The maximum atomic E-state index is 13.1. The van der Waals surface area contributed by atoms with Gasteiger partial charge in [0.25, 0.3) is 0 Å². The van der Waals surface area contributed by atoms with Crippen LogP contribution in [-0.4, -0.2) is 43.4 Å². The second kappa shape index (κ2) is 7.03. The number of carbonyl (C=O) groups excluding carboxylic acids is 1. The van der Waals surface area contributed by atoms with Gasteiger partial charge in [-0.3, -0.25) is 14.2 Å². The van der Waals surface area contributed by atoms with Crippen LogP contribution in [-0.2, 0) is 18.9 Å². The van der Waals surface area contributed by atoms with Crippen LogP contribution >= 0.6 is 0 Å². The van der Waals surface area contributed by atoms with E-state index in [1.807, 2.05) is 56.8 Å². The summed E-state index contributed by atoms with van der Waals surface area (Å²) in [5.41, 5.74) is 3.25. The molecule has 4 rings (SSSR count). The molecule has 27 heavy (non-hydrogen) atoms. The average Bonchev–Trinajstić information content (AvgIpc) is 3.27. The maximum Gasteiger partial charge on any atom is 0.188 e. The van der Waals surface area contributed by atoms with Crippen LogP contribution in [0.4, 0.5) is 5.82 Å². The van der Waals surface area contributed by atoms with E-state index in [1.165, 1.54) is 0 Å². The Hall–Kier alpha value is -3.48. The molecule has 1 saturated heterocycles. The molecule has 3 aromatic rings. The first-order valence-electron chi connectivity index (χ1n) is 8.67. The summed E-state index contributed by atoms with van der Waals surface area (Å²) in [6.07, 6.45) is 12.9. The first kappa shape index (κ1) is 17.0. The molecule has 1 fully saturated rings. The summed E-state index contributed by atoms with van der Waals surface area (Å²) in [5.74, 6) is 0.897. The lowest BCUT2D eigenvalue weighted by atomic mass is 9.95. The molecule has 1 aliphatic heterocycles. The van der Waals surface area contributed by atoms with E-state index in [0.717, 1.165) is 28.1 Å². The monoisotopic (exact) mass is 360 g/mol. The molecule has 4 heterocycles. The number of ketones is 1. The quantitative estimate of drug-likeness (QED) is 0.669. The highest BCUT2D eigenvalue weighted by molar-refractivity contribution is 6.15. The largest absolute Gasteiger partial charge is 0.348 e. The van der Waals surface area contributed by atoms with E-state index in [9.17, 15) is 4.79 Å². The lowest BCUT2D eigenvalue weighted by Gasteiger charge is -2.30. The van der Waals surface area contributed by atoms with Crippen molar-refractivity contribution in [1.29, 1.82) is 0 Å². The van der Waals surface area contributed by atoms with E-state index in [1.54, 1.807) is 28.0 Å². The summed E-state index contributed by atoms with van der Waals surface area (Å²) in [6, 6.07) is 5.80. The van der Waals surface area contributed by atoms with Gasteiger partial charge in [-0.25, -0.2) is 4.98 Å². The van der Waals surface area contributed by atoms with Crippen LogP contribution in [0.5, 0.6) is 0 Å². The van der Waals surface area contributed by atoms with Crippen molar-refractivity contribution in [3.8, 4) is 0 Å². The summed E-state index contributed by atoms with van der Waals surface area (Å²) in [7, 11) is 3.72. The minimum atomic E-state index is 0.0508. The van der Waals surface area contributed by atoms with E-state index >= 15 is 0 Å². The lowest BCUT2D eigenvalue weighted by Crippen LogP contribution is -2.38. The number of aryl methyl sites for hydroxylation is 2. The van der Waals surface area contributed by atoms with E-state index in [0.29, 0.717) is 13.1 Å². The third-order valence-electron chi connectivity index (χ3n) is 4.41. The Morgan fingerprint density at radius 2 is 1.52 bits per heavy atom. The van der Waals surface area contributed by atoms with Crippen LogP contribution in [0.3, 0.4) is 0 Å². The number of piperidine rings is 1. The number of pyridine rings is 1. The number of rotatable bonds is 3. The Morgan fingerprint density at radius 1 is 0.926 bits per heavy atom. The number of aromatic nitrogens is 5. The number of anilines is 1. The number of carbonyl (C=O) groups is 1. The van der Waals surface area contributed by atoms with Gasteiger partial charge in [0.05, 0.1) is 12.4 Å². The van der Waals surface area contributed by atoms with E-state index < -0.39 is 0 Å². The summed E-state index contributed by atoms with van der Waals surface area (Å²) in [6.45, 7) is 1.02. The Bertz CT molecular complexity index is 965. The molecule has 0 spiro atoms. The normalized spacial score (nSPS) is 17.9. The molecule has 0 radical (unpaired) electrons. The first-order valence-corrected chi connectivity index (χ1v) is 8.67. The lowest BCUT2D eigenvalue weighted by molar-refractivity contribution is -0.112. The fraction of sp³-hybridized carbons (Fsp3) is 0.200. The summed E-state index contributed by atoms with van der Waals surface area (Å²) >= 11 is 0. The maximum absolute atomic E-state index is 13.1. The van der Waals surface area contributed by atoms with Crippen LogP contribution in [0.15, 0.2) is 60.3 Å². The topological polar surface area (TPSA) is 68.8 Å². The van der Waals surface area contributed by atoms with E-state index in [-0.39, 0.29) is 5.78 Å². The fourth-order valence-electron chi connectivity index (χ4n) is 3.17. The molecule has 1 aliphatic rings. The van der Waals surface area contributed by atoms with Gasteiger partial charge >= 0.3 is 0 Å². The van der Waals surface area contributed by atoms with Gasteiger partial charge in [-0.2, -0.15) is 10.2 Å². The van der Waals surface area contributed by atoms with Crippen molar-refractivity contribution >= 4 is 23.8 Å². The van der Waals surface area contributed by atoms with Crippen LogP contribution in [0.25, 0.3) is 12.2 Å². The molecule has 0 atom stereocenters. The molecule has 0 unspecified atom stereocenters. The minimum Gasteiger partial charge on any atom is -0.348 e. The Labute approximate surface area is 157 Å². The Balaban J connectivity index is 1.73. The number of Topliss-reactive ketones (excluding diaryl/α,β-unsaturated/α-hetero) is 1. The van der Waals surface area contributed by atoms with Crippen molar-refractivity contribution in [3.05, 3.63) is 71.5 Å². The number of hydrogen-bond donors (Lipinski definition) is 0. The van der Waals surface area contributed by atoms with Gasteiger partial charge in [-0.15, -0.1) is 0 Å². The molecule has 0 N–H and O–H groups in total. The van der Waals surface area contributed by atoms with Crippen molar-refractivity contribution in [2.75, 3.05) is 18.0 Å². The van der Waals surface area contributed by atoms with Gasteiger partial charge in [0.15, 0.2) is 5.78 Å². The predicted molar refractivity (Wildman–Crippen MR) is 104 cm³/mol. The summed E-state index contributed by atoms with van der Waals surface area (Å²) in [4.78, 5) is 19.6. The van der Waals surface area contributed by atoms with Crippen molar-refractivity contribution in [1.82, 2.24) is 24.5 Å². The molecule has 0 amide bonds. The van der Waals surface area contributed by atoms with Gasteiger partial charge in [0.1, 0.15) is 5.82 Å². The highest BCUT2D eigenvalue weighted by Crippen LogP contribution is 2.25. The first-order chi connectivity index (χ1) is 13.1. The standard InChI is InChI=1S/C20H20N6O/c1-24-11-15(9-22-24)7-17-13-26(19-5-3-4-6-21-19)14-18(20(17)27)8-16-10-23-25(2)12-16/h3-12H,13-14H2,1-2H3. The molecule has 0 aliphatic carbocycles. The number of hydrogen-bond acceptors (Lipinski definition) is 5. The SMILES string of the molecule is Cn1cc(C=C2CN(c3ccccn3)CC(=Cc3cnn(C)c3)C2=O)cn1. The van der Waals surface area contributed by atoms with Gasteiger partial charge in [-0.05, 0) is 24.3 Å². The molecular weight excluding hydrogens is 340 g/mol. The molecule has 7 heteroatoms. The smallest absolute Gasteiger partial charge is 0.188 e. The van der Waals surface area contributed by atoms with Crippen molar-refractivity contribution in [2.24, 2.45) is 14.1 Å². The second-order valence-corrected chi connectivity index (χ2v) is 6.61. The van der Waals surface area contributed by atoms with Gasteiger partial charge < -0.3 is 4.90 Å². The highest BCUT2D eigenvalue weighted by atomic mass is 16.1. The van der Waals surface area contributed by atoms with Gasteiger partial charge in [-0.1, -0.05) is 6.07 Å². The van der Waals surface area contributed by atoms with Gasteiger partial charge in [0.2, 0.25) is 0 Å². The third-order valence-corrected chi connectivity index (χ3v) is 4.41. The summed E-state index contributed by atoms with van der Waals surface area (Å²) < 4.78 is 3.45. The van der Waals surface area contributed by atoms with Crippen LogP contribution in [0.2, 0.25) is 0 Å². The van der Waals surface area contributed by atoms with E-state index in [4.69, 9.17) is 0 Å². The van der Waals surface area contributed by atoms with Crippen molar-refractivity contribution < 1.29 is 4.79 Å². The van der Waals surface area contributed by atoms with Crippen molar-refractivity contribution in [3.63, 3.8) is 0 Å². The Morgan fingerprint density at radius 3 is 1.96 bits per heavy atom. The molecule has 0 saturated carbocycles. The van der Waals surface area contributed by atoms with Crippen LogP contribution in [0.1, 0.15) is 11.1 Å². The Kier molecular flexibility index (Phi) is 4.42. The molecular formula is C20H20N6O. The average molecular weight is 360 g/mol. The minimum absolute atomic E-state index is 0.0508. The molecule has 7 nitrogen and oxygen atoms in total. The molecule has 0 aromatic carbocycles. The van der Waals surface area contributed by atoms with Gasteiger partial charge in [0, 0.05) is 68.0 Å². The highest BCUT2D eigenvalue weighted by Gasteiger charge is 2.27. The fourth-order valence-corrected chi connectivity index (χ4v) is 3.17. The van der Waals surface area contributed by atoms with Crippen molar-refractivity contribution in [2.45, 2.75) is 0 Å². The molecule has 3 aromatic heterocycles. The predicted octanol–water partition coefficient (Wildman–Crippen LogP) is 2.10. The number of nitrogens with zero attached hydrogens (tertiary/aromatic N) is 6. The molecule has 0 bridgehead atoms. The van der Waals surface area contributed by atoms with Crippen LogP contribution < -0.4 is 4.90 Å².